The summed E-state index contributed by atoms with van der Waals surface area (Å²) < 4.78 is 0. The zero-order chi connectivity index (χ0) is 12.7. The van der Waals surface area contributed by atoms with Crippen molar-refractivity contribution in [1.29, 1.82) is 0 Å². The van der Waals surface area contributed by atoms with Crippen molar-refractivity contribution >= 4 is 11.9 Å². The molecule has 0 aromatic carbocycles. The van der Waals surface area contributed by atoms with Gasteiger partial charge in [0.05, 0.1) is 12.7 Å². The first-order chi connectivity index (χ1) is 7.38. The fourth-order valence-electron chi connectivity index (χ4n) is 0.983. The van der Waals surface area contributed by atoms with Crippen molar-refractivity contribution in [3.05, 3.63) is 0 Å². The molecule has 8 heteroatoms. The molecule has 7 N–H and O–H groups in total. The second-order valence-electron chi connectivity index (χ2n) is 3.32. The van der Waals surface area contributed by atoms with Crippen LogP contribution in [0.15, 0.2) is 0 Å². The van der Waals surface area contributed by atoms with Gasteiger partial charge < -0.3 is 31.5 Å². The van der Waals surface area contributed by atoms with Crippen LogP contribution in [0.3, 0.4) is 0 Å². The van der Waals surface area contributed by atoms with E-state index in [9.17, 15) is 9.59 Å². The number of carboxylic acid groups (broad SMARTS) is 2. The minimum Gasteiger partial charge on any atom is -0.480 e. The first-order valence-electron chi connectivity index (χ1n) is 4.62. The maximum Gasteiger partial charge on any atom is 0.322 e. The largest absolute Gasteiger partial charge is 0.480 e. The summed E-state index contributed by atoms with van der Waals surface area (Å²) in [6, 6.07) is -1.67. The molecular formula is C8H16N2O6. The molecule has 2 unspecified atom stereocenters. The fraction of sp³-hybridized carbons (Fsp3) is 0.750. The predicted octanol–water partition coefficient (Wildman–Crippen LogP) is -2.82. The highest BCUT2D eigenvalue weighted by atomic mass is 16.4. The molecule has 1 rings (SSSR count). The number of carbonyl (C=O) groups is 2. The molecule has 0 aliphatic carbocycles. The number of nitrogens with one attached hydrogen (secondary N) is 1. The van der Waals surface area contributed by atoms with Gasteiger partial charge in [0, 0.05) is 13.0 Å². The summed E-state index contributed by atoms with van der Waals surface area (Å²) in [7, 11) is 0. The van der Waals surface area contributed by atoms with E-state index in [2.05, 4.69) is 5.32 Å². The smallest absolute Gasteiger partial charge is 0.322 e. The van der Waals surface area contributed by atoms with Gasteiger partial charge in [-0.05, 0) is 0 Å². The lowest BCUT2D eigenvalue weighted by Gasteiger charge is -1.99. The molecule has 1 aliphatic rings. The van der Waals surface area contributed by atoms with E-state index in [-0.39, 0.29) is 0 Å². The highest BCUT2D eigenvalue weighted by molar-refractivity contribution is 5.74. The van der Waals surface area contributed by atoms with Crippen molar-refractivity contribution in [3.63, 3.8) is 0 Å². The van der Waals surface area contributed by atoms with Gasteiger partial charge in [-0.2, -0.15) is 0 Å². The third kappa shape index (κ3) is 5.61. The van der Waals surface area contributed by atoms with Crippen molar-refractivity contribution in [2.75, 3.05) is 13.2 Å². The lowest BCUT2D eigenvalue weighted by molar-refractivity contribution is -0.140. The van der Waals surface area contributed by atoms with E-state index in [1.807, 2.05) is 0 Å². The van der Waals surface area contributed by atoms with Gasteiger partial charge in [-0.15, -0.1) is 0 Å². The third-order valence-electron chi connectivity index (χ3n) is 1.92. The Hall–Kier alpha value is -1.22. The minimum absolute atomic E-state index is 0.329. The number of hydrogen-bond acceptors (Lipinski definition) is 6. The van der Waals surface area contributed by atoms with Crippen LogP contribution in [0, 0.1) is 0 Å². The maximum atomic E-state index is 10.2. The van der Waals surface area contributed by atoms with E-state index in [4.69, 9.17) is 26.2 Å². The normalized spacial score (nSPS) is 25.4. The topological polar surface area (TPSA) is 153 Å². The molecule has 0 bridgehead atoms. The first kappa shape index (κ1) is 14.8. The molecule has 3 atom stereocenters. The molecule has 1 saturated heterocycles. The van der Waals surface area contributed by atoms with Crippen LogP contribution in [-0.4, -0.2) is 63.7 Å². The van der Waals surface area contributed by atoms with Crippen LogP contribution in [0.5, 0.6) is 0 Å². The number of rotatable bonds is 3. The quantitative estimate of drug-likeness (QED) is 0.307. The highest BCUT2D eigenvalue weighted by Gasteiger charge is 2.27. The van der Waals surface area contributed by atoms with Crippen molar-refractivity contribution < 1.29 is 30.0 Å². The number of aliphatic hydroxyl groups excluding tert-OH is 2. The summed E-state index contributed by atoms with van der Waals surface area (Å²) in [5.41, 5.74) is 4.77. The van der Waals surface area contributed by atoms with Gasteiger partial charge in [-0.3, -0.25) is 9.59 Å². The number of carboxylic acids is 2. The van der Waals surface area contributed by atoms with Gasteiger partial charge in [0.1, 0.15) is 12.1 Å². The van der Waals surface area contributed by atoms with Crippen LogP contribution in [0.1, 0.15) is 6.42 Å². The minimum atomic E-state index is -1.18. The number of nitrogens with two attached hydrogens (primary N) is 1. The lowest BCUT2D eigenvalue weighted by Crippen LogP contribution is -2.33. The van der Waals surface area contributed by atoms with Gasteiger partial charge in [-0.1, -0.05) is 0 Å². The maximum absolute atomic E-state index is 10.2. The van der Waals surface area contributed by atoms with Gasteiger partial charge in [0.15, 0.2) is 0 Å². The number of β-amino-alcohol motifs (C(OH)–C–C–N with tert-alkyl or cyclic N) is 1. The van der Waals surface area contributed by atoms with Gasteiger partial charge in [-0.25, -0.2) is 0 Å². The predicted molar refractivity (Wildman–Crippen MR) is 52.7 cm³/mol. The Bertz CT molecular complexity index is 247. The molecule has 16 heavy (non-hydrogen) atoms. The van der Waals surface area contributed by atoms with Crippen molar-refractivity contribution in [2.24, 2.45) is 5.73 Å². The zero-order valence-electron chi connectivity index (χ0n) is 8.54. The summed E-state index contributed by atoms with van der Waals surface area (Å²) in [6.07, 6.45) is -0.152. The number of aliphatic carboxylic acids is 2. The van der Waals surface area contributed by atoms with E-state index in [1.54, 1.807) is 0 Å². The molecule has 1 aliphatic heterocycles. The van der Waals surface area contributed by atoms with Crippen LogP contribution in [-0.2, 0) is 9.59 Å². The number of aliphatic hydroxyl groups is 2. The van der Waals surface area contributed by atoms with Crippen LogP contribution in [0.25, 0.3) is 0 Å². The summed E-state index contributed by atoms with van der Waals surface area (Å²) >= 11 is 0. The van der Waals surface area contributed by atoms with Crippen molar-refractivity contribution in [2.45, 2.75) is 24.6 Å². The molecule has 1 fully saturated rings. The molecule has 0 amide bonds. The van der Waals surface area contributed by atoms with Crippen LogP contribution >= 0.6 is 0 Å². The van der Waals surface area contributed by atoms with Crippen LogP contribution < -0.4 is 11.1 Å². The van der Waals surface area contributed by atoms with Crippen LogP contribution in [0.4, 0.5) is 0 Å². The molecule has 1 heterocycles. The Kier molecular flexibility index (Phi) is 6.58. The lowest BCUT2D eigenvalue weighted by atomic mass is 10.2. The molecular weight excluding hydrogens is 220 g/mol. The SMILES string of the molecule is N[C@@H](CO)C(=O)O.O=C(O)C1CC(O)CN1. The second-order valence-corrected chi connectivity index (χ2v) is 3.32. The van der Waals surface area contributed by atoms with E-state index >= 15 is 0 Å². The van der Waals surface area contributed by atoms with Gasteiger partial charge in [0.2, 0.25) is 0 Å². The monoisotopic (exact) mass is 236 g/mol. The van der Waals surface area contributed by atoms with E-state index in [0.717, 1.165) is 0 Å². The summed E-state index contributed by atoms with van der Waals surface area (Å²) in [4.78, 5) is 19.8. The average Bonchev–Trinajstić information content (AvgIpc) is 2.64. The molecule has 94 valence electrons. The van der Waals surface area contributed by atoms with E-state index in [0.29, 0.717) is 13.0 Å². The Balaban J connectivity index is 0.000000293. The first-order valence-corrected chi connectivity index (χ1v) is 4.62. The average molecular weight is 236 g/mol. The molecule has 0 aromatic rings. The molecule has 8 nitrogen and oxygen atoms in total. The van der Waals surface area contributed by atoms with Gasteiger partial charge >= 0.3 is 11.9 Å². The summed E-state index contributed by atoms with van der Waals surface area (Å²) in [6.45, 7) is -0.105. The van der Waals surface area contributed by atoms with E-state index in [1.165, 1.54) is 0 Å². The zero-order valence-corrected chi connectivity index (χ0v) is 8.54. The molecule has 0 aromatic heterocycles. The van der Waals surface area contributed by atoms with Crippen LogP contribution in [0.2, 0.25) is 0 Å². The Morgan fingerprint density at radius 1 is 1.44 bits per heavy atom. The van der Waals surface area contributed by atoms with Gasteiger partial charge in [0.25, 0.3) is 0 Å². The molecule has 0 saturated carbocycles. The Labute approximate surface area is 91.7 Å². The van der Waals surface area contributed by atoms with Crippen molar-refractivity contribution in [1.82, 2.24) is 5.32 Å². The third-order valence-corrected chi connectivity index (χ3v) is 1.92. The Morgan fingerprint density at radius 3 is 2.12 bits per heavy atom. The number of hydrogen-bond donors (Lipinski definition) is 6. The molecule has 0 radical (unpaired) electrons. The van der Waals surface area contributed by atoms with Crippen molar-refractivity contribution in [3.8, 4) is 0 Å². The fourth-order valence-corrected chi connectivity index (χ4v) is 0.983. The van der Waals surface area contributed by atoms with E-state index < -0.39 is 36.7 Å². The second kappa shape index (κ2) is 7.12. The Morgan fingerprint density at radius 2 is 2.00 bits per heavy atom. The standard InChI is InChI=1S/C5H9NO3.C3H7NO3/c7-3-1-4(5(8)9)6-2-3;4-2(1-5)3(6)7/h3-4,6-7H,1-2H2,(H,8,9);2,5H,1,4H2,(H,6,7)/t;2-/m.0/s1. The summed E-state index contributed by atoms with van der Waals surface area (Å²) in [5, 5.41) is 35.7. The summed E-state index contributed by atoms with van der Waals surface area (Å²) in [5.74, 6) is -2.06. The highest BCUT2D eigenvalue weighted by Crippen LogP contribution is 2.05. The molecule has 0 spiro atoms.